The average molecular weight is 254 g/mol. The van der Waals surface area contributed by atoms with Gasteiger partial charge in [0, 0.05) is 17.8 Å². The molecule has 1 atom stereocenters. The predicted octanol–water partition coefficient (Wildman–Crippen LogP) is 0.883. The smallest absolute Gasteiger partial charge is 0.152 e. The third-order valence-corrected chi connectivity index (χ3v) is 4.56. The van der Waals surface area contributed by atoms with Crippen LogP contribution in [0, 0.1) is 0 Å². The fraction of sp³-hybridized carbons (Fsp3) is 0.455. The fourth-order valence-corrected chi connectivity index (χ4v) is 3.58. The summed E-state index contributed by atoms with van der Waals surface area (Å²) in [5.74, 6) is 0.962. The summed E-state index contributed by atoms with van der Waals surface area (Å²) in [7, 11) is -2.93. The average Bonchev–Trinajstić information content (AvgIpc) is 2.28. The van der Waals surface area contributed by atoms with Gasteiger partial charge in [-0.2, -0.15) is 0 Å². The SMILES string of the molecule is O=Cc1ccnc(NC2CCCS(=O)(=O)C2)c1. The zero-order valence-electron chi connectivity index (χ0n) is 9.30. The van der Waals surface area contributed by atoms with Crippen LogP contribution in [0.15, 0.2) is 18.3 Å². The van der Waals surface area contributed by atoms with E-state index in [1.807, 2.05) is 0 Å². The van der Waals surface area contributed by atoms with Crippen LogP contribution in [0.2, 0.25) is 0 Å². The van der Waals surface area contributed by atoms with E-state index in [2.05, 4.69) is 10.3 Å². The zero-order valence-corrected chi connectivity index (χ0v) is 10.1. The first-order valence-electron chi connectivity index (χ1n) is 5.47. The van der Waals surface area contributed by atoms with E-state index in [4.69, 9.17) is 0 Å². The molecule has 0 radical (unpaired) electrons. The number of aldehydes is 1. The largest absolute Gasteiger partial charge is 0.366 e. The van der Waals surface area contributed by atoms with Gasteiger partial charge in [0.05, 0.1) is 11.5 Å². The predicted molar refractivity (Wildman–Crippen MR) is 64.9 cm³/mol. The first kappa shape index (κ1) is 12.0. The zero-order chi connectivity index (χ0) is 12.3. The number of hydrogen-bond donors (Lipinski definition) is 1. The monoisotopic (exact) mass is 254 g/mol. The van der Waals surface area contributed by atoms with E-state index in [-0.39, 0.29) is 17.5 Å². The molecule has 1 saturated heterocycles. The minimum Gasteiger partial charge on any atom is -0.366 e. The van der Waals surface area contributed by atoms with Crippen molar-refractivity contribution in [1.29, 1.82) is 0 Å². The van der Waals surface area contributed by atoms with E-state index >= 15 is 0 Å². The Labute approximate surface area is 100 Å². The maximum absolute atomic E-state index is 11.5. The third kappa shape index (κ3) is 3.26. The molecule has 17 heavy (non-hydrogen) atoms. The first-order valence-corrected chi connectivity index (χ1v) is 7.29. The van der Waals surface area contributed by atoms with Gasteiger partial charge in [-0.1, -0.05) is 0 Å². The van der Waals surface area contributed by atoms with Gasteiger partial charge in [0.25, 0.3) is 0 Å². The lowest BCUT2D eigenvalue weighted by molar-refractivity contribution is 0.112. The van der Waals surface area contributed by atoms with Crippen molar-refractivity contribution in [2.45, 2.75) is 18.9 Å². The van der Waals surface area contributed by atoms with E-state index in [1.54, 1.807) is 12.1 Å². The van der Waals surface area contributed by atoms with Crippen LogP contribution in [-0.4, -0.2) is 37.2 Å². The Hall–Kier alpha value is -1.43. The highest BCUT2D eigenvalue weighted by Crippen LogP contribution is 2.16. The first-order chi connectivity index (χ1) is 8.09. The lowest BCUT2D eigenvalue weighted by atomic mass is 10.2. The highest BCUT2D eigenvalue weighted by Gasteiger charge is 2.24. The summed E-state index contributed by atoms with van der Waals surface area (Å²) in [6.45, 7) is 0. The van der Waals surface area contributed by atoms with Crippen molar-refractivity contribution in [3.63, 3.8) is 0 Å². The summed E-state index contributed by atoms with van der Waals surface area (Å²) in [6.07, 6.45) is 3.76. The Morgan fingerprint density at radius 1 is 1.47 bits per heavy atom. The molecule has 2 rings (SSSR count). The summed E-state index contributed by atoms with van der Waals surface area (Å²) in [5.41, 5.74) is 0.529. The Bertz CT molecular complexity index is 513. The van der Waals surface area contributed by atoms with Crippen LogP contribution in [0.4, 0.5) is 5.82 Å². The number of aromatic nitrogens is 1. The minimum atomic E-state index is -2.93. The number of nitrogens with one attached hydrogen (secondary N) is 1. The van der Waals surface area contributed by atoms with Gasteiger partial charge in [-0.3, -0.25) is 4.79 Å². The summed E-state index contributed by atoms with van der Waals surface area (Å²) in [6, 6.07) is 3.12. The molecule has 92 valence electrons. The Kier molecular flexibility index (Phi) is 3.42. The van der Waals surface area contributed by atoms with Crippen molar-refractivity contribution in [1.82, 2.24) is 4.98 Å². The summed E-state index contributed by atoms with van der Waals surface area (Å²) in [4.78, 5) is 14.7. The highest BCUT2D eigenvalue weighted by molar-refractivity contribution is 7.91. The lowest BCUT2D eigenvalue weighted by Gasteiger charge is -2.23. The number of pyridine rings is 1. The van der Waals surface area contributed by atoms with Crippen molar-refractivity contribution in [2.24, 2.45) is 0 Å². The van der Waals surface area contributed by atoms with Crippen LogP contribution >= 0.6 is 0 Å². The quantitative estimate of drug-likeness (QED) is 0.810. The molecule has 0 saturated carbocycles. The van der Waals surface area contributed by atoms with Gasteiger partial charge in [-0.25, -0.2) is 13.4 Å². The van der Waals surface area contributed by atoms with Gasteiger partial charge in [0.15, 0.2) is 9.84 Å². The molecule has 5 nitrogen and oxygen atoms in total. The lowest BCUT2D eigenvalue weighted by Crippen LogP contribution is -2.35. The molecule has 1 fully saturated rings. The van der Waals surface area contributed by atoms with E-state index < -0.39 is 9.84 Å². The van der Waals surface area contributed by atoms with Crippen LogP contribution in [0.25, 0.3) is 0 Å². The van der Waals surface area contributed by atoms with Gasteiger partial charge < -0.3 is 5.32 Å². The van der Waals surface area contributed by atoms with Crippen LogP contribution in [0.5, 0.6) is 0 Å². The van der Waals surface area contributed by atoms with E-state index in [0.29, 0.717) is 17.8 Å². The fourth-order valence-electron chi connectivity index (χ4n) is 1.94. The molecule has 1 aromatic rings. The molecule has 0 spiro atoms. The Morgan fingerprint density at radius 2 is 2.29 bits per heavy atom. The normalized spacial score (nSPS) is 22.9. The topological polar surface area (TPSA) is 76.1 Å². The second kappa shape index (κ2) is 4.83. The number of nitrogens with zero attached hydrogens (tertiary/aromatic N) is 1. The van der Waals surface area contributed by atoms with Gasteiger partial charge in [0.2, 0.25) is 0 Å². The number of anilines is 1. The summed E-state index contributed by atoms with van der Waals surface area (Å²) in [5, 5.41) is 3.06. The van der Waals surface area contributed by atoms with Gasteiger partial charge in [-0.05, 0) is 25.0 Å². The van der Waals surface area contributed by atoms with Crippen LogP contribution in [0.3, 0.4) is 0 Å². The maximum Gasteiger partial charge on any atom is 0.152 e. The van der Waals surface area contributed by atoms with Crippen LogP contribution in [0.1, 0.15) is 23.2 Å². The van der Waals surface area contributed by atoms with E-state index in [0.717, 1.165) is 12.7 Å². The maximum atomic E-state index is 11.5. The van der Waals surface area contributed by atoms with Crippen molar-refractivity contribution < 1.29 is 13.2 Å². The van der Waals surface area contributed by atoms with Crippen LogP contribution < -0.4 is 5.32 Å². The van der Waals surface area contributed by atoms with Crippen molar-refractivity contribution in [3.8, 4) is 0 Å². The minimum absolute atomic E-state index is 0.108. The molecule has 0 aromatic carbocycles. The van der Waals surface area contributed by atoms with Gasteiger partial charge in [-0.15, -0.1) is 0 Å². The number of sulfone groups is 1. The van der Waals surface area contributed by atoms with Crippen molar-refractivity contribution in [3.05, 3.63) is 23.9 Å². The number of carbonyl (C=O) groups excluding carboxylic acids is 1. The number of rotatable bonds is 3. The molecule has 1 aromatic heterocycles. The molecule has 2 heterocycles. The second-order valence-electron chi connectivity index (χ2n) is 4.19. The van der Waals surface area contributed by atoms with Gasteiger partial charge >= 0.3 is 0 Å². The van der Waals surface area contributed by atoms with E-state index in [1.165, 1.54) is 6.20 Å². The second-order valence-corrected chi connectivity index (χ2v) is 6.42. The summed E-state index contributed by atoms with van der Waals surface area (Å²) >= 11 is 0. The van der Waals surface area contributed by atoms with Crippen molar-refractivity contribution in [2.75, 3.05) is 16.8 Å². The van der Waals surface area contributed by atoms with Crippen LogP contribution in [-0.2, 0) is 9.84 Å². The molecule has 1 aliphatic rings. The number of hydrogen-bond acceptors (Lipinski definition) is 5. The molecular formula is C11H14N2O3S. The van der Waals surface area contributed by atoms with Crippen molar-refractivity contribution >= 4 is 21.9 Å². The Balaban J connectivity index is 2.07. The molecule has 6 heteroatoms. The Morgan fingerprint density at radius 3 is 3.00 bits per heavy atom. The summed E-state index contributed by atoms with van der Waals surface area (Å²) < 4.78 is 22.9. The molecule has 0 amide bonds. The molecular weight excluding hydrogens is 240 g/mol. The molecule has 0 bridgehead atoms. The molecule has 0 aliphatic carbocycles. The number of carbonyl (C=O) groups is 1. The van der Waals surface area contributed by atoms with Gasteiger partial charge in [0.1, 0.15) is 12.1 Å². The highest BCUT2D eigenvalue weighted by atomic mass is 32.2. The van der Waals surface area contributed by atoms with E-state index in [9.17, 15) is 13.2 Å². The molecule has 1 aliphatic heterocycles. The third-order valence-electron chi connectivity index (χ3n) is 2.74. The molecule has 1 unspecified atom stereocenters. The standard InChI is InChI=1S/C11H14N2O3S/c14-7-9-3-4-12-11(6-9)13-10-2-1-5-17(15,16)8-10/h3-4,6-7,10H,1-2,5,8H2,(H,12,13). The molecule has 1 N–H and O–H groups in total.